The average molecular weight is 657 g/mol. The van der Waals surface area contributed by atoms with E-state index in [9.17, 15) is 24.6 Å². The summed E-state index contributed by atoms with van der Waals surface area (Å²) in [4.78, 5) is 37.1. The molecule has 1 unspecified atom stereocenters. The van der Waals surface area contributed by atoms with Crippen LogP contribution < -0.4 is 10.6 Å². The summed E-state index contributed by atoms with van der Waals surface area (Å²) in [6.45, 7) is 2.56. The fourth-order valence-electron chi connectivity index (χ4n) is 6.06. The van der Waals surface area contributed by atoms with Crippen molar-refractivity contribution in [2.75, 3.05) is 11.9 Å². The number of hydrogen-bond donors (Lipinski definition) is 4. The van der Waals surface area contributed by atoms with Crippen LogP contribution in [0.1, 0.15) is 126 Å². The van der Waals surface area contributed by atoms with Gasteiger partial charge in [0.2, 0.25) is 5.91 Å². The molecule has 0 radical (unpaired) electrons. The van der Waals surface area contributed by atoms with Gasteiger partial charge in [-0.15, -0.1) is 0 Å². The number of carbonyl (C=O) groups is 3. The third-order valence-corrected chi connectivity index (χ3v) is 8.94. The lowest BCUT2D eigenvalue weighted by Gasteiger charge is -2.13. The number of amides is 2. The molecular formula is C41H56N2O5. The van der Waals surface area contributed by atoms with Gasteiger partial charge in [-0.2, -0.15) is 0 Å². The number of carboxylic acid groups (broad SMARTS) is 1. The van der Waals surface area contributed by atoms with Crippen molar-refractivity contribution >= 4 is 34.2 Å². The summed E-state index contributed by atoms with van der Waals surface area (Å²) in [5.74, 6) is -2.27. The van der Waals surface area contributed by atoms with Crippen molar-refractivity contribution in [3.05, 3.63) is 83.9 Å². The minimum absolute atomic E-state index is 0.0281. The predicted molar refractivity (Wildman–Crippen MR) is 197 cm³/mol. The number of hydrogen-bond acceptors (Lipinski definition) is 4. The molecule has 7 heteroatoms. The monoisotopic (exact) mass is 656 g/mol. The Morgan fingerprint density at radius 1 is 0.750 bits per heavy atom. The van der Waals surface area contributed by atoms with Gasteiger partial charge in [-0.3, -0.25) is 14.4 Å². The van der Waals surface area contributed by atoms with Gasteiger partial charge in [0.05, 0.1) is 11.5 Å². The van der Waals surface area contributed by atoms with E-state index in [4.69, 9.17) is 0 Å². The van der Waals surface area contributed by atoms with Crippen LogP contribution >= 0.6 is 0 Å². The summed E-state index contributed by atoms with van der Waals surface area (Å²) in [5, 5.41) is 27.4. The zero-order chi connectivity index (χ0) is 34.4. The molecular weight excluding hydrogens is 600 g/mol. The largest absolute Gasteiger partial charge is 0.506 e. The van der Waals surface area contributed by atoms with Crippen molar-refractivity contribution in [2.45, 2.75) is 116 Å². The first kappa shape index (κ1) is 38.3. The van der Waals surface area contributed by atoms with Crippen molar-refractivity contribution in [2.24, 2.45) is 5.92 Å². The number of fused-ring (bicyclic) bond motifs is 1. The van der Waals surface area contributed by atoms with Crippen LogP contribution in [0.4, 0.5) is 5.69 Å². The van der Waals surface area contributed by atoms with Crippen LogP contribution in [0.15, 0.2) is 72.8 Å². The Labute approximate surface area is 287 Å². The lowest BCUT2D eigenvalue weighted by molar-refractivity contribution is -0.143. The van der Waals surface area contributed by atoms with E-state index >= 15 is 0 Å². The number of benzene rings is 3. The van der Waals surface area contributed by atoms with Crippen LogP contribution in [0.3, 0.4) is 0 Å². The highest BCUT2D eigenvalue weighted by Gasteiger charge is 2.21. The number of phenolic OH excluding ortho intramolecular Hbond substituents is 1. The van der Waals surface area contributed by atoms with E-state index in [1.54, 1.807) is 24.3 Å². The topological polar surface area (TPSA) is 116 Å². The van der Waals surface area contributed by atoms with Gasteiger partial charge < -0.3 is 20.8 Å². The first-order valence-corrected chi connectivity index (χ1v) is 18.1. The summed E-state index contributed by atoms with van der Waals surface area (Å²) in [7, 11) is 0. The van der Waals surface area contributed by atoms with Crippen LogP contribution in [0.5, 0.6) is 5.75 Å². The Morgan fingerprint density at radius 2 is 1.38 bits per heavy atom. The van der Waals surface area contributed by atoms with E-state index in [0.29, 0.717) is 30.5 Å². The molecule has 0 aliphatic rings. The maximum Gasteiger partial charge on any atom is 0.307 e. The molecule has 7 nitrogen and oxygen atoms in total. The summed E-state index contributed by atoms with van der Waals surface area (Å²) in [5.41, 5.74) is 1.82. The molecule has 0 heterocycles. The number of anilines is 1. The van der Waals surface area contributed by atoms with E-state index in [2.05, 4.69) is 29.7 Å². The van der Waals surface area contributed by atoms with Crippen LogP contribution in [-0.2, 0) is 16.0 Å². The van der Waals surface area contributed by atoms with Crippen molar-refractivity contribution in [3.63, 3.8) is 0 Å². The van der Waals surface area contributed by atoms with Gasteiger partial charge in [0.25, 0.3) is 5.91 Å². The molecule has 0 fully saturated rings. The summed E-state index contributed by atoms with van der Waals surface area (Å²) >= 11 is 0. The molecule has 2 amide bonds. The molecule has 3 aromatic rings. The maximum atomic E-state index is 12.7. The lowest BCUT2D eigenvalue weighted by Crippen LogP contribution is -2.25. The molecule has 3 rings (SSSR count). The van der Waals surface area contributed by atoms with Gasteiger partial charge in [-0.05, 0) is 61.3 Å². The molecule has 0 spiro atoms. The normalized spacial score (nSPS) is 11.9. The number of allylic oxidation sites excluding steroid dienone is 2. The van der Waals surface area contributed by atoms with Gasteiger partial charge in [-0.1, -0.05) is 132 Å². The molecule has 0 bridgehead atoms. The Bertz CT molecular complexity index is 1430. The molecule has 3 aromatic carbocycles. The van der Waals surface area contributed by atoms with Crippen molar-refractivity contribution in [1.82, 2.24) is 5.32 Å². The van der Waals surface area contributed by atoms with Gasteiger partial charge in [0.15, 0.2) is 0 Å². The fraction of sp³-hybridized carbons (Fsp3) is 0.488. The number of aliphatic carboxylic acids is 1. The summed E-state index contributed by atoms with van der Waals surface area (Å²) in [6.07, 6.45) is 22.6. The van der Waals surface area contributed by atoms with Crippen LogP contribution in [0.25, 0.3) is 10.8 Å². The zero-order valence-electron chi connectivity index (χ0n) is 28.9. The SMILES string of the molecule is CC/C=C/CCCCCCCCCCCCCCC(CC(=O)Nc1ccc(CCNC(=O)c2ccc3ccccc3c2O)cc1)C(=O)O. The third kappa shape index (κ3) is 14.3. The van der Waals surface area contributed by atoms with Crippen LogP contribution in [0, 0.1) is 5.92 Å². The minimum Gasteiger partial charge on any atom is -0.506 e. The Kier molecular flexibility index (Phi) is 17.9. The summed E-state index contributed by atoms with van der Waals surface area (Å²) < 4.78 is 0. The number of rotatable bonds is 24. The smallest absolute Gasteiger partial charge is 0.307 e. The molecule has 1 atom stereocenters. The number of carboxylic acids is 1. The third-order valence-electron chi connectivity index (χ3n) is 8.94. The molecule has 0 saturated heterocycles. The van der Waals surface area contributed by atoms with Gasteiger partial charge in [0, 0.05) is 24.0 Å². The first-order valence-electron chi connectivity index (χ1n) is 18.1. The molecule has 4 N–H and O–H groups in total. The second-order valence-electron chi connectivity index (χ2n) is 12.9. The van der Waals surface area contributed by atoms with Crippen LogP contribution in [0.2, 0.25) is 0 Å². The number of nitrogens with one attached hydrogen (secondary N) is 2. The molecule has 0 aromatic heterocycles. The minimum atomic E-state index is -0.919. The van der Waals surface area contributed by atoms with Gasteiger partial charge in [0.1, 0.15) is 5.75 Å². The number of phenols is 1. The van der Waals surface area contributed by atoms with Gasteiger partial charge >= 0.3 is 5.97 Å². The standard InChI is InChI=1S/C41H56N2O5/c1-2-3-4-5-6-7-8-9-10-11-12-13-14-15-16-17-21-34(41(47)48)31-38(44)43-35-26-23-32(24-27-35)29-30-42-40(46)37-28-25-33-20-18-19-22-36(33)39(37)45/h3-4,18-20,22-28,34,45H,2,5-17,21,29-31H2,1H3,(H,42,46)(H,43,44)(H,47,48)/b4-3+. The highest BCUT2D eigenvalue weighted by molar-refractivity contribution is 6.03. The molecule has 0 saturated carbocycles. The van der Waals surface area contributed by atoms with Crippen molar-refractivity contribution in [3.8, 4) is 5.75 Å². The zero-order valence-corrected chi connectivity index (χ0v) is 28.9. The van der Waals surface area contributed by atoms with Gasteiger partial charge in [-0.25, -0.2) is 0 Å². The first-order chi connectivity index (χ1) is 23.4. The highest BCUT2D eigenvalue weighted by atomic mass is 16.4. The molecule has 48 heavy (non-hydrogen) atoms. The van der Waals surface area contributed by atoms with E-state index in [-0.39, 0.29) is 29.5 Å². The summed E-state index contributed by atoms with van der Waals surface area (Å²) in [6, 6.07) is 18.1. The second kappa shape index (κ2) is 22.4. The van der Waals surface area contributed by atoms with E-state index in [0.717, 1.165) is 36.6 Å². The quantitative estimate of drug-likeness (QED) is 0.0566. The Hall–Kier alpha value is -4.13. The maximum absolute atomic E-state index is 12.7. The number of carbonyl (C=O) groups excluding carboxylic acids is 2. The highest BCUT2D eigenvalue weighted by Crippen LogP contribution is 2.28. The van der Waals surface area contributed by atoms with E-state index in [1.807, 2.05) is 36.4 Å². The average Bonchev–Trinajstić information content (AvgIpc) is 3.08. The molecule has 0 aliphatic carbocycles. The predicted octanol–water partition coefficient (Wildman–Crippen LogP) is 9.97. The number of unbranched alkanes of at least 4 members (excludes halogenated alkanes) is 12. The fourth-order valence-corrected chi connectivity index (χ4v) is 6.06. The van der Waals surface area contributed by atoms with Crippen molar-refractivity contribution < 1.29 is 24.6 Å². The lowest BCUT2D eigenvalue weighted by atomic mass is 9.96. The van der Waals surface area contributed by atoms with E-state index in [1.165, 1.54) is 64.2 Å². The van der Waals surface area contributed by atoms with Crippen molar-refractivity contribution in [1.29, 1.82) is 0 Å². The molecule has 260 valence electrons. The molecule has 0 aliphatic heterocycles. The Morgan fingerprint density at radius 3 is 2.02 bits per heavy atom. The second-order valence-corrected chi connectivity index (χ2v) is 12.9. The van der Waals surface area contributed by atoms with Crippen LogP contribution in [-0.4, -0.2) is 34.5 Å². The van der Waals surface area contributed by atoms with E-state index < -0.39 is 11.9 Å². The Balaban J connectivity index is 1.25. The number of aromatic hydroxyl groups is 1.